The van der Waals surface area contributed by atoms with Gasteiger partial charge in [0.15, 0.2) is 0 Å². The first-order valence-electron chi connectivity index (χ1n) is 19.3. The number of aryl methyl sites for hydroxylation is 2. The van der Waals surface area contributed by atoms with Crippen molar-refractivity contribution in [2.24, 2.45) is 62.1 Å². The Morgan fingerprint density at radius 1 is 0.958 bits per heavy atom. The van der Waals surface area contributed by atoms with E-state index in [2.05, 4.69) is 59.3 Å². The van der Waals surface area contributed by atoms with E-state index in [-0.39, 0.29) is 41.2 Å². The van der Waals surface area contributed by atoms with E-state index >= 15 is 0 Å². The van der Waals surface area contributed by atoms with E-state index in [0.717, 1.165) is 36.6 Å². The topological polar surface area (TPSA) is 89.6 Å². The maximum Gasteiger partial charge on any atom is 0.306 e. The summed E-state index contributed by atoms with van der Waals surface area (Å²) >= 11 is 0. The fraction of sp³-hybridized carbons (Fsp3) is 0.833. The number of fused-ring (bicyclic) bond motifs is 7. The maximum atomic E-state index is 13.2. The molecular formula is C42H65NO5. The van der Waals surface area contributed by atoms with Crippen LogP contribution in [-0.4, -0.2) is 28.3 Å². The van der Waals surface area contributed by atoms with Crippen LogP contribution in [0.15, 0.2) is 22.7 Å². The van der Waals surface area contributed by atoms with Crippen LogP contribution in [0.1, 0.15) is 150 Å². The van der Waals surface area contributed by atoms with Crippen molar-refractivity contribution in [3.8, 4) is 0 Å². The number of aromatic nitrogens is 1. The van der Waals surface area contributed by atoms with Crippen molar-refractivity contribution in [1.29, 1.82) is 0 Å². The molecule has 6 rings (SSSR count). The van der Waals surface area contributed by atoms with Crippen LogP contribution in [0.2, 0.25) is 0 Å². The molecule has 1 aromatic heterocycles. The second-order valence-corrected chi connectivity index (χ2v) is 19.7. The van der Waals surface area contributed by atoms with Gasteiger partial charge in [-0.3, -0.25) is 9.59 Å². The van der Waals surface area contributed by atoms with Gasteiger partial charge in [0.05, 0.1) is 18.5 Å². The molecule has 1 N–H and O–H groups in total. The van der Waals surface area contributed by atoms with Crippen molar-refractivity contribution in [2.45, 2.75) is 158 Å². The number of hydrogen-bond acceptors (Lipinski definition) is 5. The lowest BCUT2D eigenvalue weighted by atomic mass is 9.32. The largest absolute Gasteiger partial charge is 0.481 e. The Hall–Kier alpha value is -2.11. The second kappa shape index (κ2) is 12.0. The van der Waals surface area contributed by atoms with Crippen LogP contribution in [0, 0.1) is 69.0 Å². The van der Waals surface area contributed by atoms with Gasteiger partial charge in [-0.25, -0.2) is 0 Å². The first kappa shape index (κ1) is 35.7. The maximum absolute atomic E-state index is 13.2. The van der Waals surface area contributed by atoms with E-state index in [9.17, 15) is 14.7 Å². The van der Waals surface area contributed by atoms with Crippen LogP contribution >= 0.6 is 0 Å². The van der Waals surface area contributed by atoms with Crippen LogP contribution in [0.25, 0.3) is 0 Å². The Labute approximate surface area is 290 Å². The Kier molecular flexibility index (Phi) is 8.93. The van der Waals surface area contributed by atoms with Crippen molar-refractivity contribution in [3.63, 3.8) is 0 Å². The minimum atomic E-state index is -0.872. The fourth-order valence-electron chi connectivity index (χ4n) is 13.9. The highest BCUT2D eigenvalue weighted by molar-refractivity contribution is 5.73. The Morgan fingerprint density at radius 3 is 2.33 bits per heavy atom. The van der Waals surface area contributed by atoms with E-state index in [1.165, 1.54) is 63.4 Å². The Balaban J connectivity index is 1.23. The van der Waals surface area contributed by atoms with E-state index in [1.807, 2.05) is 20.8 Å². The molecule has 0 bridgehead atoms. The van der Waals surface area contributed by atoms with Crippen LogP contribution < -0.4 is 0 Å². The molecule has 0 radical (unpaired) electrons. The molecule has 0 aromatic carbocycles. The first-order valence-corrected chi connectivity index (χ1v) is 19.3. The predicted molar refractivity (Wildman–Crippen MR) is 189 cm³/mol. The third-order valence-corrected chi connectivity index (χ3v) is 16.3. The smallest absolute Gasteiger partial charge is 0.306 e. The third-order valence-electron chi connectivity index (χ3n) is 16.3. The second-order valence-electron chi connectivity index (χ2n) is 19.7. The van der Waals surface area contributed by atoms with E-state index in [0.29, 0.717) is 34.5 Å². The lowest BCUT2D eigenvalue weighted by Gasteiger charge is -2.73. The highest BCUT2D eigenvalue weighted by atomic mass is 16.5. The molecule has 10 atom stereocenters. The summed E-state index contributed by atoms with van der Waals surface area (Å²) in [5.74, 6) is 2.97. The average Bonchev–Trinajstić information content (AvgIpc) is 3.56. The molecule has 5 aliphatic carbocycles. The molecule has 1 heterocycles. The van der Waals surface area contributed by atoms with Gasteiger partial charge in [0.25, 0.3) is 0 Å². The van der Waals surface area contributed by atoms with Gasteiger partial charge in [-0.05, 0) is 148 Å². The molecule has 268 valence electrons. The number of nitrogens with zero attached hydrogens (tertiary/aromatic N) is 1. The van der Waals surface area contributed by atoms with Crippen LogP contribution in [0.5, 0.6) is 0 Å². The number of carbonyl (C=O) groups is 2. The predicted octanol–water partition coefficient (Wildman–Crippen LogP) is 10.4. The van der Waals surface area contributed by atoms with Gasteiger partial charge in [-0.15, -0.1) is 0 Å². The number of rotatable bonds is 9. The molecule has 6 heteroatoms. The summed E-state index contributed by atoms with van der Waals surface area (Å²) in [4.78, 5) is 24.6. The number of hydrogen-bond donors (Lipinski definition) is 1. The summed E-state index contributed by atoms with van der Waals surface area (Å²) in [6.07, 6.45) is 14.5. The first-order chi connectivity index (χ1) is 22.3. The molecule has 1 aromatic rings. The average molecular weight is 664 g/mol. The molecule has 0 unspecified atom stereocenters. The van der Waals surface area contributed by atoms with Gasteiger partial charge in [0.2, 0.25) is 0 Å². The van der Waals surface area contributed by atoms with Crippen LogP contribution in [-0.2, 0) is 20.7 Å². The van der Waals surface area contributed by atoms with Crippen molar-refractivity contribution in [1.82, 2.24) is 5.16 Å². The molecule has 5 fully saturated rings. The summed E-state index contributed by atoms with van der Waals surface area (Å²) in [6.45, 7) is 25.3. The van der Waals surface area contributed by atoms with Gasteiger partial charge < -0.3 is 14.4 Å². The summed E-state index contributed by atoms with van der Waals surface area (Å²) in [6, 6.07) is 2.13. The number of carboxylic acids is 1. The molecule has 5 saturated carbocycles. The zero-order valence-electron chi connectivity index (χ0n) is 31.7. The quantitative estimate of drug-likeness (QED) is 0.209. The fourth-order valence-corrected chi connectivity index (χ4v) is 13.9. The van der Waals surface area contributed by atoms with Crippen molar-refractivity contribution in [3.05, 3.63) is 29.7 Å². The normalized spacial score (nSPS) is 41.8. The van der Waals surface area contributed by atoms with Crippen molar-refractivity contribution >= 4 is 11.9 Å². The van der Waals surface area contributed by atoms with Gasteiger partial charge in [0.1, 0.15) is 11.9 Å². The van der Waals surface area contributed by atoms with Crippen LogP contribution in [0.4, 0.5) is 0 Å². The molecule has 0 amide bonds. The summed E-state index contributed by atoms with van der Waals surface area (Å²) in [5, 5.41) is 13.7. The number of esters is 1. The SMILES string of the molecule is C=C(C)[C@@H]1CC[C@]2(CCc3cc(C)on3)CC[C@]3(C)[C@H](CC[C@@H]4[C@@]5(C)CC[C@H](OC(=O)CC(C)(C)CC(=O)O)C(C)(C)[C@@H]5CC[C@]43C)[C@@H]12. The number of ether oxygens (including phenoxy) is 1. The molecular weight excluding hydrogens is 598 g/mol. The Morgan fingerprint density at radius 2 is 1.69 bits per heavy atom. The highest BCUT2D eigenvalue weighted by Gasteiger charge is 2.71. The summed E-state index contributed by atoms with van der Waals surface area (Å²) in [5.41, 5.74) is 2.91. The van der Waals surface area contributed by atoms with Crippen molar-refractivity contribution in [2.75, 3.05) is 0 Å². The molecule has 48 heavy (non-hydrogen) atoms. The lowest BCUT2D eigenvalue weighted by molar-refractivity contribution is -0.250. The third kappa shape index (κ3) is 5.62. The summed E-state index contributed by atoms with van der Waals surface area (Å²) in [7, 11) is 0. The van der Waals surface area contributed by atoms with E-state index in [1.54, 1.807) is 0 Å². The standard InChI is InChI=1S/C42H65NO5/c1-26(2)29-14-20-42(19-13-28-23-27(3)48-43-28)22-21-40(9)30(36(29)42)11-12-32-39(8)17-16-33(38(6,7)31(39)15-18-41(32,40)10)47-35(46)25-37(4,5)24-34(44)45/h23,29-33,36H,1,11-22,24-25H2,2-10H3,(H,44,45)/t29-,30+,31-,32+,33-,36+,39-,40+,41+,42+/m0/s1. The number of aliphatic carboxylic acids is 1. The molecule has 6 nitrogen and oxygen atoms in total. The number of carbonyl (C=O) groups excluding carboxylic acids is 1. The Bertz CT molecular complexity index is 1420. The number of allylic oxidation sites excluding steroid dienone is 1. The minimum absolute atomic E-state index is 0.0345. The van der Waals surface area contributed by atoms with Crippen LogP contribution in [0.3, 0.4) is 0 Å². The van der Waals surface area contributed by atoms with Gasteiger partial charge >= 0.3 is 11.9 Å². The van der Waals surface area contributed by atoms with Gasteiger partial charge in [-0.2, -0.15) is 0 Å². The monoisotopic (exact) mass is 663 g/mol. The lowest BCUT2D eigenvalue weighted by Crippen LogP contribution is -2.66. The molecule has 0 aliphatic heterocycles. The minimum Gasteiger partial charge on any atom is -0.481 e. The van der Waals surface area contributed by atoms with Crippen molar-refractivity contribution < 1.29 is 24.0 Å². The number of carboxylic acid groups (broad SMARTS) is 1. The van der Waals surface area contributed by atoms with E-state index in [4.69, 9.17) is 9.26 Å². The van der Waals surface area contributed by atoms with E-state index < -0.39 is 11.4 Å². The molecule has 0 saturated heterocycles. The molecule has 0 spiro atoms. The van der Waals surface area contributed by atoms with Gasteiger partial charge in [0, 0.05) is 11.5 Å². The molecule has 5 aliphatic rings. The van der Waals surface area contributed by atoms with Gasteiger partial charge in [-0.1, -0.05) is 65.8 Å². The summed E-state index contributed by atoms with van der Waals surface area (Å²) < 4.78 is 11.7. The zero-order valence-corrected chi connectivity index (χ0v) is 31.7. The zero-order chi connectivity index (χ0) is 35.1. The highest BCUT2D eigenvalue weighted by Crippen LogP contribution is 2.78.